The van der Waals surface area contributed by atoms with Crippen LogP contribution in [0.2, 0.25) is 0 Å². The molecular formula is C27H38N6O2. The number of para-hydroxylation sites is 1. The van der Waals surface area contributed by atoms with Gasteiger partial charge in [-0.05, 0) is 69.6 Å². The fourth-order valence-electron chi connectivity index (χ4n) is 5.19. The molecule has 0 aliphatic carbocycles. The van der Waals surface area contributed by atoms with E-state index in [0.717, 1.165) is 32.7 Å². The van der Waals surface area contributed by atoms with E-state index in [2.05, 4.69) is 39.3 Å². The lowest BCUT2D eigenvalue weighted by Gasteiger charge is -2.33. The Morgan fingerprint density at radius 3 is 2.74 bits per heavy atom. The van der Waals surface area contributed by atoms with E-state index in [0.29, 0.717) is 35.3 Å². The topological polar surface area (TPSA) is 80.8 Å². The van der Waals surface area contributed by atoms with Crippen molar-refractivity contribution in [3.8, 4) is 0 Å². The second kappa shape index (κ2) is 12.1. The first kappa shape index (κ1) is 25.1. The molecule has 0 bridgehead atoms. The first-order valence-electron chi connectivity index (χ1n) is 13.0. The minimum Gasteiger partial charge on any atom is -0.336 e. The van der Waals surface area contributed by atoms with Crippen LogP contribution in [0.4, 0.5) is 22.0 Å². The van der Waals surface area contributed by atoms with Gasteiger partial charge in [-0.2, -0.15) is 0 Å². The first-order valence-corrected chi connectivity index (χ1v) is 13.0. The number of carbonyl (C=O) groups is 2. The van der Waals surface area contributed by atoms with Gasteiger partial charge in [0, 0.05) is 31.9 Å². The molecule has 188 valence electrons. The number of anilines is 3. The van der Waals surface area contributed by atoms with Crippen molar-refractivity contribution in [3.63, 3.8) is 0 Å². The fraction of sp³-hybridized carbons (Fsp3) is 0.519. The zero-order valence-electron chi connectivity index (χ0n) is 21.0. The molecule has 3 heterocycles. The standard InChI is InChI=1S/C27H38N6O2/c1-3-16-32(17-4-2)21-10-7-8-18-31(20-21)19-15-29-27(35)33-24-13-6-5-11-22(24)26(34)30-23-12-9-14-28-25(23)33/h5-6,9,11-14,21H,3-4,7-8,10,15-20H2,1-2H3,(H,29,35)(H,30,34). The summed E-state index contributed by atoms with van der Waals surface area (Å²) in [5, 5.41) is 5.97. The van der Waals surface area contributed by atoms with Crippen LogP contribution < -0.4 is 15.5 Å². The Morgan fingerprint density at radius 1 is 1.14 bits per heavy atom. The van der Waals surface area contributed by atoms with Gasteiger partial charge in [-0.25, -0.2) is 14.7 Å². The molecule has 4 rings (SSSR count). The quantitative estimate of drug-likeness (QED) is 0.585. The number of carbonyl (C=O) groups excluding carboxylic acids is 2. The predicted molar refractivity (Wildman–Crippen MR) is 140 cm³/mol. The largest absolute Gasteiger partial charge is 0.336 e. The van der Waals surface area contributed by atoms with Gasteiger partial charge >= 0.3 is 6.03 Å². The summed E-state index contributed by atoms with van der Waals surface area (Å²) < 4.78 is 0. The van der Waals surface area contributed by atoms with Gasteiger partial charge in [-0.3, -0.25) is 9.69 Å². The Hall–Kier alpha value is -2.97. The molecule has 2 aliphatic rings. The highest BCUT2D eigenvalue weighted by Gasteiger charge is 2.30. The van der Waals surface area contributed by atoms with E-state index in [-0.39, 0.29) is 11.9 Å². The number of likely N-dealkylation sites (tertiary alicyclic amines) is 1. The summed E-state index contributed by atoms with van der Waals surface area (Å²) in [4.78, 5) is 37.3. The highest BCUT2D eigenvalue weighted by Crippen LogP contribution is 2.35. The van der Waals surface area contributed by atoms with Crippen LogP contribution in [-0.2, 0) is 0 Å². The number of nitrogens with one attached hydrogen (secondary N) is 2. The number of urea groups is 1. The summed E-state index contributed by atoms with van der Waals surface area (Å²) in [7, 11) is 0. The highest BCUT2D eigenvalue weighted by molar-refractivity contribution is 6.16. The molecule has 2 N–H and O–H groups in total. The highest BCUT2D eigenvalue weighted by atomic mass is 16.2. The lowest BCUT2D eigenvalue weighted by molar-refractivity contribution is 0.102. The maximum Gasteiger partial charge on any atom is 0.327 e. The van der Waals surface area contributed by atoms with Crippen LogP contribution in [0.1, 0.15) is 56.3 Å². The molecule has 0 saturated carbocycles. The Morgan fingerprint density at radius 2 is 1.94 bits per heavy atom. The SMILES string of the molecule is CCCN(CCC)C1CCCCN(CCNC(=O)N2c3ccccc3C(=O)Nc3cccnc32)C1. The maximum atomic E-state index is 13.4. The van der Waals surface area contributed by atoms with Gasteiger partial charge in [-0.15, -0.1) is 0 Å². The van der Waals surface area contributed by atoms with Crippen molar-refractivity contribution in [2.75, 3.05) is 49.5 Å². The third-order valence-electron chi connectivity index (χ3n) is 6.81. The number of benzene rings is 1. The van der Waals surface area contributed by atoms with Gasteiger partial charge in [0.05, 0.1) is 16.9 Å². The zero-order chi connectivity index (χ0) is 24.6. The summed E-state index contributed by atoms with van der Waals surface area (Å²) in [5.41, 5.74) is 1.50. The van der Waals surface area contributed by atoms with E-state index in [4.69, 9.17) is 0 Å². The van der Waals surface area contributed by atoms with Crippen LogP contribution in [0, 0.1) is 0 Å². The van der Waals surface area contributed by atoms with Crippen LogP contribution in [0.25, 0.3) is 0 Å². The van der Waals surface area contributed by atoms with Crippen molar-refractivity contribution < 1.29 is 9.59 Å². The maximum absolute atomic E-state index is 13.4. The molecule has 8 nitrogen and oxygen atoms in total. The molecule has 1 aromatic heterocycles. The molecular weight excluding hydrogens is 440 g/mol. The predicted octanol–water partition coefficient (Wildman–Crippen LogP) is 4.47. The van der Waals surface area contributed by atoms with E-state index in [1.165, 1.54) is 37.0 Å². The van der Waals surface area contributed by atoms with Crippen LogP contribution >= 0.6 is 0 Å². The molecule has 1 aromatic carbocycles. The van der Waals surface area contributed by atoms with Gasteiger partial charge in [0.15, 0.2) is 5.82 Å². The summed E-state index contributed by atoms with van der Waals surface area (Å²) in [5.74, 6) is 0.178. The second-order valence-corrected chi connectivity index (χ2v) is 9.40. The smallest absolute Gasteiger partial charge is 0.327 e. The van der Waals surface area contributed by atoms with Crippen molar-refractivity contribution in [2.24, 2.45) is 0 Å². The van der Waals surface area contributed by atoms with Gasteiger partial charge in [0.2, 0.25) is 0 Å². The third kappa shape index (κ3) is 6.00. The number of aromatic nitrogens is 1. The second-order valence-electron chi connectivity index (χ2n) is 9.40. The minimum atomic E-state index is -0.279. The van der Waals surface area contributed by atoms with Crippen molar-refractivity contribution in [3.05, 3.63) is 48.2 Å². The molecule has 0 spiro atoms. The van der Waals surface area contributed by atoms with E-state index in [1.807, 2.05) is 6.07 Å². The number of amides is 3. The Kier molecular flexibility index (Phi) is 8.71. The number of nitrogens with zero attached hydrogens (tertiary/aromatic N) is 4. The molecule has 1 unspecified atom stereocenters. The van der Waals surface area contributed by atoms with Gasteiger partial charge in [0.25, 0.3) is 5.91 Å². The van der Waals surface area contributed by atoms with Gasteiger partial charge in [0.1, 0.15) is 0 Å². The molecule has 0 radical (unpaired) electrons. The number of hydrogen-bond donors (Lipinski definition) is 2. The van der Waals surface area contributed by atoms with Crippen molar-refractivity contribution in [1.29, 1.82) is 0 Å². The average molecular weight is 479 g/mol. The van der Waals surface area contributed by atoms with E-state index in [1.54, 1.807) is 36.5 Å². The summed E-state index contributed by atoms with van der Waals surface area (Å²) >= 11 is 0. The van der Waals surface area contributed by atoms with Crippen LogP contribution in [0.5, 0.6) is 0 Å². The number of pyridine rings is 1. The number of fused-ring (bicyclic) bond motifs is 2. The Labute approximate surface area is 208 Å². The normalized spacial score (nSPS) is 18.3. The third-order valence-corrected chi connectivity index (χ3v) is 6.81. The summed E-state index contributed by atoms with van der Waals surface area (Å²) in [6.07, 6.45) is 7.69. The molecule has 8 heteroatoms. The minimum absolute atomic E-state index is 0.246. The monoisotopic (exact) mass is 478 g/mol. The van der Waals surface area contributed by atoms with Crippen molar-refractivity contribution >= 4 is 29.1 Å². The zero-order valence-corrected chi connectivity index (χ0v) is 21.0. The lowest BCUT2D eigenvalue weighted by Crippen LogP contribution is -2.46. The van der Waals surface area contributed by atoms with Crippen molar-refractivity contribution in [2.45, 2.75) is 52.0 Å². The molecule has 1 saturated heterocycles. The van der Waals surface area contributed by atoms with Crippen LogP contribution in [0.15, 0.2) is 42.6 Å². The molecule has 2 aliphatic heterocycles. The first-order chi connectivity index (χ1) is 17.1. The van der Waals surface area contributed by atoms with E-state index < -0.39 is 0 Å². The van der Waals surface area contributed by atoms with Crippen LogP contribution in [-0.4, -0.2) is 72.0 Å². The molecule has 1 fully saturated rings. The molecule has 1 atom stereocenters. The van der Waals surface area contributed by atoms with E-state index in [9.17, 15) is 9.59 Å². The van der Waals surface area contributed by atoms with E-state index >= 15 is 0 Å². The Bertz CT molecular complexity index is 1010. The summed E-state index contributed by atoms with van der Waals surface area (Å²) in [6.45, 7) is 10.3. The Balaban J connectivity index is 1.44. The van der Waals surface area contributed by atoms with Gasteiger partial charge in [-0.1, -0.05) is 32.4 Å². The number of hydrogen-bond acceptors (Lipinski definition) is 5. The lowest BCUT2D eigenvalue weighted by atomic mass is 10.1. The van der Waals surface area contributed by atoms with Gasteiger partial charge < -0.3 is 15.5 Å². The molecule has 35 heavy (non-hydrogen) atoms. The number of rotatable bonds is 8. The summed E-state index contributed by atoms with van der Waals surface area (Å²) in [6, 6.07) is 11.0. The average Bonchev–Trinajstić information content (AvgIpc) is 3.17. The molecule has 3 amide bonds. The molecule has 2 aromatic rings. The van der Waals surface area contributed by atoms with Crippen LogP contribution in [0.3, 0.4) is 0 Å². The fourth-order valence-corrected chi connectivity index (χ4v) is 5.19. The van der Waals surface area contributed by atoms with Crippen molar-refractivity contribution in [1.82, 2.24) is 20.1 Å².